The molecule has 3 rings (SSSR count). The molecule has 0 spiro atoms. The number of rotatable bonds is 5. The first-order chi connectivity index (χ1) is 10.7. The molecular weight excluding hydrogens is 284 g/mol. The minimum Gasteiger partial charge on any atom is -0.396 e. The maximum Gasteiger partial charge on any atom is 0.350 e. The van der Waals surface area contributed by atoms with Crippen molar-refractivity contribution in [2.75, 3.05) is 13.2 Å². The Balaban J connectivity index is 1.75. The van der Waals surface area contributed by atoms with Gasteiger partial charge in [0.2, 0.25) is 5.91 Å². The topological polar surface area (TPSA) is 79.8 Å². The molecule has 7 nitrogen and oxygen atoms in total. The fourth-order valence-corrected chi connectivity index (χ4v) is 3.08. The molecule has 0 saturated carbocycles. The molecule has 2 aromatic rings. The molecule has 1 N–H and O–H groups in total. The molecule has 1 atom stereocenters. The molecule has 0 aromatic carbocycles. The standard InChI is InChI=1S/C15H20N4O3/c20-10-4-6-12-5-3-9-17(12)14(21)11-19-15(22)18-8-2-1-7-13(18)16-19/h1-2,7-8,12,20H,3-6,9-11H2. The van der Waals surface area contributed by atoms with Gasteiger partial charge in [0.15, 0.2) is 5.65 Å². The van der Waals surface area contributed by atoms with Crippen LogP contribution in [0.2, 0.25) is 0 Å². The number of likely N-dealkylation sites (tertiary alicyclic amines) is 1. The summed E-state index contributed by atoms with van der Waals surface area (Å²) >= 11 is 0. The summed E-state index contributed by atoms with van der Waals surface area (Å²) in [5.74, 6) is -0.0778. The molecule has 0 bridgehead atoms. The molecule has 22 heavy (non-hydrogen) atoms. The Morgan fingerprint density at radius 3 is 3.05 bits per heavy atom. The number of hydrogen-bond acceptors (Lipinski definition) is 4. The molecule has 1 unspecified atom stereocenters. The number of carbonyl (C=O) groups is 1. The Morgan fingerprint density at radius 1 is 1.41 bits per heavy atom. The Morgan fingerprint density at radius 2 is 2.27 bits per heavy atom. The Hall–Kier alpha value is -2.15. The molecule has 1 amide bonds. The second-order valence-electron chi connectivity index (χ2n) is 5.62. The van der Waals surface area contributed by atoms with E-state index in [-0.39, 0.29) is 30.8 Å². The molecule has 1 saturated heterocycles. The molecule has 118 valence electrons. The number of aliphatic hydroxyl groups is 1. The highest BCUT2D eigenvalue weighted by atomic mass is 16.3. The minimum atomic E-state index is -0.296. The first-order valence-electron chi connectivity index (χ1n) is 7.65. The molecule has 1 aliphatic heterocycles. The van der Waals surface area contributed by atoms with Crippen LogP contribution in [0.4, 0.5) is 0 Å². The zero-order valence-corrected chi connectivity index (χ0v) is 12.4. The van der Waals surface area contributed by atoms with Gasteiger partial charge < -0.3 is 10.0 Å². The fraction of sp³-hybridized carbons (Fsp3) is 0.533. The average Bonchev–Trinajstić information content (AvgIpc) is 3.11. The van der Waals surface area contributed by atoms with Crippen LogP contribution in [0.3, 0.4) is 0 Å². The summed E-state index contributed by atoms with van der Waals surface area (Å²) in [7, 11) is 0. The lowest BCUT2D eigenvalue weighted by Crippen LogP contribution is -2.39. The number of hydrogen-bond donors (Lipinski definition) is 1. The van der Waals surface area contributed by atoms with Gasteiger partial charge in [0.05, 0.1) is 0 Å². The lowest BCUT2D eigenvalue weighted by molar-refractivity contribution is -0.133. The van der Waals surface area contributed by atoms with Crippen LogP contribution >= 0.6 is 0 Å². The smallest absolute Gasteiger partial charge is 0.350 e. The van der Waals surface area contributed by atoms with Crippen LogP contribution in [0.1, 0.15) is 25.7 Å². The van der Waals surface area contributed by atoms with Gasteiger partial charge in [-0.1, -0.05) is 6.07 Å². The number of amides is 1. The first-order valence-corrected chi connectivity index (χ1v) is 7.65. The van der Waals surface area contributed by atoms with Crippen LogP contribution in [0.25, 0.3) is 5.65 Å². The summed E-state index contributed by atoms with van der Waals surface area (Å²) < 4.78 is 2.65. The number of pyridine rings is 1. The number of aromatic nitrogens is 3. The number of aliphatic hydroxyl groups excluding tert-OH is 1. The van der Waals surface area contributed by atoms with E-state index in [0.717, 1.165) is 25.8 Å². The lowest BCUT2D eigenvalue weighted by Gasteiger charge is -2.24. The van der Waals surface area contributed by atoms with E-state index in [1.807, 2.05) is 4.90 Å². The second-order valence-corrected chi connectivity index (χ2v) is 5.62. The predicted molar refractivity (Wildman–Crippen MR) is 80.5 cm³/mol. The van der Waals surface area contributed by atoms with Crippen LogP contribution in [0, 0.1) is 0 Å². The van der Waals surface area contributed by atoms with Crippen molar-refractivity contribution in [2.24, 2.45) is 0 Å². The van der Waals surface area contributed by atoms with Gasteiger partial charge in [-0.2, -0.15) is 0 Å². The van der Waals surface area contributed by atoms with Gasteiger partial charge in [-0.25, -0.2) is 9.48 Å². The van der Waals surface area contributed by atoms with Crippen LogP contribution in [0.15, 0.2) is 29.2 Å². The van der Waals surface area contributed by atoms with Gasteiger partial charge in [0, 0.05) is 25.4 Å². The van der Waals surface area contributed by atoms with Crippen LogP contribution in [-0.2, 0) is 11.3 Å². The zero-order valence-electron chi connectivity index (χ0n) is 12.4. The van der Waals surface area contributed by atoms with E-state index in [4.69, 9.17) is 5.11 Å². The highest BCUT2D eigenvalue weighted by Gasteiger charge is 2.28. The average molecular weight is 304 g/mol. The van der Waals surface area contributed by atoms with E-state index in [0.29, 0.717) is 12.1 Å². The van der Waals surface area contributed by atoms with E-state index in [9.17, 15) is 9.59 Å². The first kappa shape index (κ1) is 14.8. The summed E-state index contributed by atoms with van der Waals surface area (Å²) in [6.07, 6.45) is 5.09. The summed E-state index contributed by atoms with van der Waals surface area (Å²) in [6.45, 7) is 0.831. The number of carbonyl (C=O) groups excluding carboxylic acids is 1. The second kappa shape index (κ2) is 6.31. The largest absolute Gasteiger partial charge is 0.396 e. The molecule has 1 aliphatic rings. The molecule has 3 heterocycles. The number of nitrogens with zero attached hydrogens (tertiary/aromatic N) is 4. The lowest BCUT2D eigenvalue weighted by atomic mass is 10.1. The van der Waals surface area contributed by atoms with Crippen LogP contribution < -0.4 is 5.69 Å². The summed E-state index contributed by atoms with van der Waals surface area (Å²) in [5, 5.41) is 13.1. The van der Waals surface area contributed by atoms with Crippen molar-refractivity contribution in [2.45, 2.75) is 38.3 Å². The highest BCUT2D eigenvalue weighted by molar-refractivity contribution is 5.76. The molecule has 1 fully saturated rings. The number of fused-ring (bicyclic) bond motifs is 1. The van der Waals surface area contributed by atoms with E-state index in [1.165, 1.54) is 9.08 Å². The molecule has 2 aromatic heterocycles. The van der Waals surface area contributed by atoms with Gasteiger partial charge in [-0.15, -0.1) is 5.10 Å². The van der Waals surface area contributed by atoms with Crippen molar-refractivity contribution in [1.82, 2.24) is 19.1 Å². The van der Waals surface area contributed by atoms with Crippen molar-refractivity contribution < 1.29 is 9.90 Å². The van der Waals surface area contributed by atoms with Gasteiger partial charge in [0.1, 0.15) is 6.54 Å². The Labute approximate surface area is 127 Å². The van der Waals surface area contributed by atoms with E-state index in [2.05, 4.69) is 5.10 Å². The minimum absolute atomic E-state index is 0.0316. The SMILES string of the molecule is O=C(Cn1nc2ccccn2c1=O)N1CCCC1CCCO. The Bertz CT molecular complexity index is 721. The normalized spacial score (nSPS) is 18.2. The van der Waals surface area contributed by atoms with Gasteiger partial charge in [-0.3, -0.25) is 9.20 Å². The maximum absolute atomic E-state index is 12.5. The van der Waals surface area contributed by atoms with Gasteiger partial charge in [-0.05, 0) is 37.8 Å². The summed E-state index contributed by atoms with van der Waals surface area (Å²) in [4.78, 5) is 26.5. The van der Waals surface area contributed by atoms with Gasteiger partial charge >= 0.3 is 5.69 Å². The third-order valence-electron chi connectivity index (χ3n) is 4.17. The monoisotopic (exact) mass is 304 g/mol. The molecule has 0 radical (unpaired) electrons. The van der Waals surface area contributed by atoms with E-state index in [1.54, 1.807) is 24.4 Å². The zero-order chi connectivity index (χ0) is 15.5. The van der Waals surface area contributed by atoms with Crippen molar-refractivity contribution in [1.29, 1.82) is 0 Å². The van der Waals surface area contributed by atoms with Crippen LogP contribution in [0.5, 0.6) is 0 Å². The molecule has 0 aliphatic carbocycles. The van der Waals surface area contributed by atoms with Crippen molar-refractivity contribution in [3.8, 4) is 0 Å². The highest BCUT2D eigenvalue weighted by Crippen LogP contribution is 2.21. The summed E-state index contributed by atoms with van der Waals surface area (Å²) in [5.41, 5.74) is 0.244. The van der Waals surface area contributed by atoms with Crippen LogP contribution in [-0.4, -0.2) is 49.3 Å². The maximum atomic E-state index is 12.5. The van der Waals surface area contributed by atoms with E-state index < -0.39 is 0 Å². The predicted octanol–water partition coefficient (Wildman–Crippen LogP) is 0.259. The Kier molecular flexibility index (Phi) is 4.24. The van der Waals surface area contributed by atoms with Crippen molar-refractivity contribution in [3.63, 3.8) is 0 Å². The fourth-order valence-electron chi connectivity index (χ4n) is 3.08. The summed E-state index contributed by atoms with van der Waals surface area (Å²) in [6, 6.07) is 5.47. The van der Waals surface area contributed by atoms with Crippen molar-refractivity contribution >= 4 is 11.6 Å². The van der Waals surface area contributed by atoms with Gasteiger partial charge in [0.25, 0.3) is 0 Å². The molecular formula is C15H20N4O3. The molecule has 7 heteroatoms. The van der Waals surface area contributed by atoms with E-state index >= 15 is 0 Å². The third-order valence-corrected chi connectivity index (χ3v) is 4.17. The van der Waals surface area contributed by atoms with Crippen molar-refractivity contribution in [3.05, 3.63) is 34.9 Å². The quantitative estimate of drug-likeness (QED) is 0.859. The third kappa shape index (κ3) is 2.76.